The fourth-order valence-electron chi connectivity index (χ4n) is 3.94. The smallest absolute Gasteiger partial charge is 0.272 e. The molecule has 0 amide bonds. The van der Waals surface area contributed by atoms with E-state index in [1.54, 1.807) is 10.6 Å². The van der Waals surface area contributed by atoms with Crippen LogP contribution in [0.25, 0.3) is 16.8 Å². The highest BCUT2D eigenvalue weighted by molar-refractivity contribution is 5.79. The molecule has 0 spiro atoms. The molecule has 1 aliphatic carbocycles. The number of hydrogen-bond donors (Lipinski definition) is 1. The zero-order valence-corrected chi connectivity index (χ0v) is 14.1. The molecule has 1 aliphatic rings. The van der Waals surface area contributed by atoms with Gasteiger partial charge in [0, 0.05) is 23.0 Å². The summed E-state index contributed by atoms with van der Waals surface area (Å²) in [5, 5.41) is 3.17. The standard InChI is InChI=1S/C20H23N3O/c1-14-19(16-10-6-3-7-11-16)20-21-17(13-18(24)23(20)22-14)12-15-8-4-2-5-9-15/h3,6-7,10-11,13,15,22H,2,4-5,8-9,12H2,1H3. The van der Waals surface area contributed by atoms with E-state index in [1.165, 1.54) is 32.1 Å². The number of aromatic nitrogens is 3. The minimum atomic E-state index is -0.0175. The average Bonchev–Trinajstić information content (AvgIpc) is 2.93. The molecule has 0 aliphatic heterocycles. The van der Waals surface area contributed by atoms with E-state index in [4.69, 9.17) is 4.98 Å². The molecular weight excluding hydrogens is 298 g/mol. The molecule has 2 heterocycles. The maximum absolute atomic E-state index is 12.5. The van der Waals surface area contributed by atoms with Gasteiger partial charge in [0.25, 0.3) is 5.56 Å². The normalized spacial score (nSPS) is 15.9. The van der Waals surface area contributed by atoms with Gasteiger partial charge in [0.15, 0.2) is 5.65 Å². The molecule has 0 saturated heterocycles. The number of nitrogens with zero attached hydrogens (tertiary/aromatic N) is 2. The van der Waals surface area contributed by atoms with E-state index in [0.717, 1.165) is 34.6 Å². The van der Waals surface area contributed by atoms with Gasteiger partial charge in [-0.1, -0.05) is 62.4 Å². The molecule has 1 fully saturated rings. The maximum atomic E-state index is 12.5. The van der Waals surface area contributed by atoms with Gasteiger partial charge in [0.1, 0.15) is 0 Å². The maximum Gasteiger partial charge on any atom is 0.272 e. The quantitative estimate of drug-likeness (QED) is 0.789. The zero-order chi connectivity index (χ0) is 16.5. The Morgan fingerprint density at radius 2 is 1.92 bits per heavy atom. The van der Waals surface area contributed by atoms with E-state index >= 15 is 0 Å². The number of benzene rings is 1. The van der Waals surface area contributed by atoms with Crippen LogP contribution in [0.4, 0.5) is 0 Å². The highest BCUT2D eigenvalue weighted by atomic mass is 16.1. The summed E-state index contributed by atoms with van der Waals surface area (Å²) < 4.78 is 1.57. The lowest BCUT2D eigenvalue weighted by Crippen LogP contribution is -2.18. The molecule has 3 aromatic rings. The van der Waals surface area contributed by atoms with Crippen LogP contribution in [0, 0.1) is 12.8 Å². The summed E-state index contributed by atoms with van der Waals surface area (Å²) in [5.74, 6) is 0.674. The van der Waals surface area contributed by atoms with Crippen molar-refractivity contribution < 1.29 is 0 Å². The molecule has 2 aromatic heterocycles. The van der Waals surface area contributed by atoms with E-state index in [9.17, 15) is 4.79 Å². The van der Waals surface area contributed by atoms with Crippen LogP contribution < -0.4 is 5.56 Å². The number of H-pyrrole nitrogens is 1. The van der Waals surface area contributed by atoms with Crippen LogP contribution in [0.2, 0.25) is 0 Å². The number of fused-ring (bicyclic) bond motifs is 1. The zero-order valence-electron chi connectivity index (χ0n) is 14.1. The van der Waals surface area contributed by atoms with Crippen LogP contribution in [0.3, 0.4) is 0 Å². The van der Waals surface area contributed by atoms with Gasteiger partial charge < -0.3 is 0 Å². The highest BCUT2D eigenvalue weighted by Gasteiger charge is 2.18. The van der Waals surface area contributed by atoms with E-state index in [-0.39, 0.29) is 5.56 Å². The van der Waals surface area contributed by atoms with Crippen LogP contribution in [0.1, 0.15) is 43.5 Å². The summed E-state index contributed by atoms with van der Waals surface area (Å²) in [7, 11) is 0. The predicted octanol–water partition coefficient (Wildman–Crippen LogP) is 4.12. The Hall–Kier alpha value is -2.36. The molecule has 0 atom stereocenters. The van der Waals surface area contributed by atoms with Gasteiger partial charge in [0.2, 0.25) is 0 Å². The fraction of sp³-hybridized carbons (Fsp3) is 0.400. The molecule has 1 N–H and O–H groups in total. The van der Waals surface area contributed by atoms with Gasteiger partial charge >= 0.3 is 0 Å². The third kappa shape index (κ3) is 2.77. The Kier molecular flexibility index (Phi) is 3.97. The summed E-state index contributed by atoms with van der Waals surface area (Å²) in [6.07, 6.45) is 7.41. The highest BCUT2D eigenvalue weighted by Crippen LogP contribution is 2.28. The van der Waals surface area contributed by atoms with Gasteiger partial charge in [-0.25, -0.2) is 9.50 Å². The van der Waals surface area contributed by atoms with Crippen LogP contribution in [0.5, 0.6) is 0 Å². The number of nitrogens with one attached hydrogen (secondary N) is 1. The van der Waals surface area contributed by atoms with Gasteiger partial charge in [-0.3, -0.25) is 9.89 Å². The first-order chi connectivity index (χ1) is 11.7. The summed E-state index contributed by atoms with van der Waals surface area (Å²) in [4.78, 5) is 17.4. The van der Waals surface area contributed by atoms with Crippen LogP contribution in [-0.2, 0) is 6.42 Å². The first kappa shape index (κ1) is 15.2. The SMILES string of the molecule is Cc1[nH]n2c(=O)cc(CC3CCCCC3)nc2c1-c1ccccc1. The van der Waals surface area contributed by atoms with Crippen molar-refractivity contribution in [2.75, 3.05) is 0 Å². The number of aromatic amines is 1. The molecule has 4 rings (SSSR count). The van der Waals surface area contributed by atoms with Gasteiger partial charge in [-0.2, -0.15) is 0 Å². The average molecular weight is 321 g/mol. The molecule has 124 valence electrons. The van der Waals surface area contributed by atoms with Gasteiger partial charge in [-0.15, -0.1) is 0 Å². The number of aryl methyl sites for hydroxylation is 1. The second-order valence-corrected chi connectivity index (χ2v) is 6.93. The monoisotopic (exact) mass is 321 g/mol. The lowest BCUT2D eigenvalue weighted by molar-refractivity contribution is 0.354. The number of rotatable bonds is 3. The Balaban J connectivity index is 1.79. The summed E-state index contributed by atoms with van der Waals surface area (Å²) in [5.41, 5.74) is 4.76. The Labute approximate surface area is 141 Å². The van der Waals surface area contributed by atoms with Crippen molar-refractivity contribution in [1.82, 2.24) is 14.6 Å². The minimum absolute atomic E-state index is 0.0175. The fourth-order valence-corrected chi connectivity index (χ4v) is 3.94. The Bertz CT molecular complexity index is 902. The summed E-state index contributed by atoms with van der Waals surface area (Å²) in [6.45, 7) is 2.00. The molecule has 4 nitrogen and oxygen atoms in total. The third-order valence-electron chi connectivity index (χ3n) is 5.13. The van der Waals surface area contributed by atoms with E-state index < -0.39 is 0 Å². The third-order valence-corrected chi connectivity index (χ3v) is 5.13. The summed E-state index contributed by atoms with van der Waals surface area (Å²) >= 11 is 0. The Morgan fingerprint density at radius 3 is 2.67 bits per heavy atom. The van der Waals surface area contributed by atoms with Crippen molar-refractivity contribution in [2.24, 2.45) is 5.92 Å². The number of hydrogen-bond acceptors (Lipinski definition) is 2. The van der Waals surface area contributed by atoms with Crippen molar-refractivity contribution in [3.63, 3.8) is 0 Å². The van der Waals surface area contributed by atoms with Crippen molar-refractivity contribution in [3.8, 4) is 11.1 Å². The second kappa shape index (κ2) is 6.27. The predicted molar refractivity (Wildman–Crippen MR) is 96.3 cm³/mol. The van der Waals surface area contributed by atoms with Gasteiger partial charge in [0.05, 0.1) is 0 Å². The van der Waals surface area contributed by atoms with Crippen LogP contribution in [-0.4, -0.2) is 14.6 Å². The molecule has 1 aromatic carbocycles. The van der Waals surface area contributed by atoms with Crippen molar-refractivity contribution in [1.29, 1.82) is 0 Å². The van der Waals surface area contributed by atoms with Crippen LogP contribution >= 0.6 is 0 Å². The molecular formula is C20H23N3O. The lowest BCUT2D eigenvalue weighted by atomic mass is 9.86. The molecule has 24 heavy (non-hydrogen) atoms. The van der Waals surface area contributed by atoms with Crippen molar-refractivity contribution in [2.45, 2.75) is 45.4 Å². The first-order valence-corrected chi connectivity index (χ1v) is 8.89. The van der Waals surface area contributed by atoms with Crippen molar-refractivity contribution >= 4 is 5.65 Å². The van der Waals surface area contributed by atoms with E-state index in [0.29, 0.717) is 5.92 Å². The second-order valence-electron chi connectivity index (χ2n) is 6.93. The van der Waals surface area contributed by atoms with Gasteiger partial charge in [-0.05, 0) is 24.8 Å². The van der Waals surface area contributed by atoms with E-state index in [2.05, 4.69) is 17.2 Å². The lowest BCUT2D eigenvalue weighted by Gasteiger charge is -2.20. The molecule has 4 heteroatoms. The Morgan fingerprint density at radius 1 is 1.17 bits per heavy atom. The van der Waals surface area contributed by atoms with E-state index in [1.807, 2.05) is 25.1 Å². The molecule has 0 bridgehead atoms. The summed E-state index contributed by atoms with van der Waals surface area (Å²) in [6, 6.07) is 11.9. The molecule has 0 unspecified atom stereocenters. The topological polar surface area (TPSA) is 50.2 Å². The molecule has 1 saturated carbocycles. The minimum Gasteiger partial charge on any atom is -0.293 e. The first-order valence-electron chi connectivity index (χ1n) is 8.89. The molecule has 0 radical (unpaired) electrons. The van der Waals surface area contributed by atoms with Crippen LogP contribution in [0.15, 0.2) is 41.2 Å². The van der Waals surface area contributed by atoms with Crippen molar-refractivity contribution in [3.05, 3.63) is 58.1 Å². The largest absolute Gasteiger partial charge is 0.293 e.